The molecule has 4 heteroatoms. The number of thioether (sulfide) groups is 1. The van der Waals surface area contributed by atoms with Crippen LogP contribution in [0.25, 0.3) is 0 Å². The van der Waals surface area contributed by atoms with Crippen molar-refractivity contribution in [1.29, 1.82) is 0 Å². The molecule has 2 aromatic carbocycles. The summed E-state index contributed by atoms with van der Waals surface area (Å²) in [4.78, 5) is 13.3. The van der Waals surface area contributed by atoms with E-state index in [2.05, 4.69) is 42.6 Å². The van der Waals surface area contributed by atoms with Crippen LogP contribution in [0, 0.1) is 6.92 Å². The molecule has 0 radical (unpaired) electrons. The van der Waals surface area contributed by atoms with Crippen LogP contribution < -0.4 is 10.1 Å². The van der Waals surface area contributed by atoms with E-state index in [9.17, 15) is 4.79 Å². The van der Waals surface area contributed by atoms with E-state index in [0.29, 0.717) is 6.54 Å². The van der Waals surface area contributed by atoms with Gasteiger partial charge >= 0.3 is 0 Å². The number of aryl methyl sites for hydroxylation is 2. The van der Waals surface area contributed by atoms with Crippen molar-refractivity contribution in [2.45, 2.75) is 36.8 Å². The number of ether oxygens (including phenoxy) is 1. The van der Waals surface area contributed by atoms with Crippen LogP contribution in [0.3, 0.4) is 0 Å². The van der Waals surface area contributed by atoms with Crippen LogP contribution in [-0.2, 0) is 11.2 Å². The summed E-state index contributed by atoms with van der Waals surface area (Å²) in [5.41, 5.74) is 2.46. The van der Waals surface area contributed by atoms with Gasteiger partial charge in [-0.3, -0.25) is 4.79 Å². The van der Waals surface area contributed by atoms with Gasteiger partial charge < -0.3 is 10.1 Å². The monoisotopic (exact) mass is 343 g/mol. The van der Waals surface area contributed by atoms with Crippen molar-refractivity contribution in [2.24, 2.45) is 0 Å². The highest BCUT2D eigenvalue weighted by Gasteiger charge is 2.13. The lowest BCUT2D eigenvalue weighted by atomic mass is 10.1. The average molecular weight is 343 g/mol. The largest absolute Gasteiger partial charge is 0.497 e. The lowest BCUT2D eigenvalue weighted by Crippen LogP contribution is -2.31. The maximum absolute atomic E-state index is 12.2. The number of nitrogens with one attached hydrogen (secondary N) is 1. The van der Waals surface area contributed by atoms with Gasteiger partial charge in [0.15, 0.2) is 0 Å². The number of rotatable bonds is 8. The van der Waals surface area contributed by atoms with E-state index in [-0.39, 0.29) is 11.2 Å². The van der Waals surface area contributed by atoms with Crippen molar-refractivity contribution in [2.75, 3.05) is 13.7 Å². The van der Waals surface area contributed by atoms with E-state index >= 15 is 0 Å². The van der Waals surface area contributed by atoms with Crippen molar-refractivity contribution < 1.29 is 9.53 Å². The first-order chi connectivity index (χ1) is 11.6. The molecular weight excluding hydrogens is 318 g/mol. The van der Waals surface area contributed by atoms with Crippen molar-refractivity contribution in [3.05, 3.63) is 59.7 Å². The number of hydrogen-bond donors (Lipinski definition) is 1. The van der Waals surface area contributed by atoms with Crippen LogP contribution in [0.4, 0.5) is 0 Å². The fourth-order valence-corrected chi connectivity index (χ4v) is 3.24. The molecule has 0 aromatic heterocycles. The predicted octanol–water partition coefficient (Wildman–Crippen LogP) is 4.23. The number of hydrogen-bond acceptors (Lipinski definition) is 3. The van der Waals surface area contributed by atoms with Gasteiger partial charge in [0.05, 0.1) is 12.4 Å². The summed E-state index contributed by atoms with van der Waals surface area (Å²) in [6.07, 6.45) is 1.85. The van der Waals surface area contributed by atoms with Crippen LogP contribution in [0.2, 0.25) is 0 Å². The first kappa shape index (κ1) is 18.4. The molecule has 128 valence electrons. The zero-order valence-electron chi connectivity index (χ0n) is 14.5. The highest BCUT2D eigenvalue weighted by molar-refractivity contribution is 8.00. The van der Waals surface area contributed by atoms with Gasteiger partial charge in [0.1, 0.15) is 5.75 Å². The van der Waals surface area contributed by atoms with Crippen LogP contribution in [0.5, 0.6) is 5.75 Å². The average Bonchev–Trinajstić information content (AvgIpc) is 2.60. The number of methoxy groups -OCH3 is 1. The summed E-state index contributed by atoms with van der Waals surface area (Å²) < 4.78 is 5.22. The molecule has 0 aliphatic carbocycles. The van der Waals surface area contributed by atoms with Gasteiger partial charge in [-0.2, -0.15) is 0 Å². The quantitative estimate of drug-likeness (QED) is 0.576. The Morgan fingerprint density at radius 2 is 1.96 bits per heavy atom. The lowest BCUT2D eigenvalue weighted by Gasteiger charge is -2.12. The summed E-state index contributed by atoms with van der Waals surface area (Å²) in [5, 5.41) is 2.93. The Balaban J connectivity index is 1.71. The van der Waals surface area contributed by atoms with Crippen LogP contribution in [-0.4, -0.2) is 24.8 Å². The number of carbonyl (C=O) groups excluding carboxylic acids is 1. The molecule has 0 saturated carbocycles. The minimum atomic E-state index is -0.0930. The Morgan fingerprint density at radius 3 is 2.67 bits per heavy atom. The molecular formula is C20H25NO2S. The van der Waals surface area contributed by atoms with Gasteiger partial charge in [-0.1, -0.05) is 29.8 Å². The molecule has 2 aromatic rings. The van der Waals surface area contributed by atoms with Crippen molar-refractivity contribution in [3.8, 4) is 5.75 Å². The molecule has 2 rings (SSSR count). The van der Waals surface area contributed by atoms with Crippen molar-refractivity contribution in [1.82, 2.24) is 5.32 Å². The third-order valence-corrected chi connectivity index (χ3v) is 4.89. The second-order valence-electron chi connectivity index (χ2n) is 5.82. The van der Waals surface area contributed by atoms with Gasteiger partial charge in [0.25, 0.3) is 0 Å². The number of carbonyl (C=O) groups is 1. The molecule has 3 nitrogen and oxygen atoms in total. The molecule has 0 saturated heterocycles. The predicted molar refractivity (Wildman–Crippen MR) is 101 cm³/mol. The second kappa shape index (κ2) is 9.38. The number of benzene rings is 2. The second-order valence-corrected chi connectivity index (χ2v) is 7.23. The van der Waals surface area contributed by atoms with Crippen molar-refractivity contribution >= 4 is 17.7 Å². The van der Waals surface area contributed by atoms with Gasteiger partial charge in [-0.05, 0) is 56.5 Å². The first-order valence-corrected chi connectivity index (χ1v) is 9.10. The zero-order valence-corrected chi connectivity index (χ0v) is 15.4. The molecule has 1 unspecified atom stereocenters. The first-order valence-electron chi connectivity index (χ1n) is 8.22. The van der Waals surface area contributed by atoms with E-state index in [1.807, 2.05) is 25.1 Å². The van der Waals surface area contributed by atoms with Gasteiger partial charge in [-0.25, -0.2) is 0 Å². The molecule has 0 aliphatic heterocycles. The third kappa shape index (κ3) is 5.93. The summed E-state index contributed by atoms with van der Waals surface area (Å²) in [5.74, 6) is 0.964. The summed E-state index contributed by atoms with van der Waals surface area (Å²) >= 11 is 1.59. The zero-order chi connectivity index (χ0) is 17.4. The summed E-state index contributed by atoms with van der Waals surface area (Å²) in [7, 11) is 1.67. The summed E-state index contributed by atoms with van der Waals surface area (Å²) in [6, 6.07) is 16.3. The Kier molecular flexibility index (Phi) is 7.19. The van der Waals surface area contributed by atoms with E-state index in [1.165, 1.54) is 11.1 Å². The van der Waals surface area contributed by atoms with E-state index in [0.717, 1.165) is 23.5 Å². The Bertz CT molecular complexity index is 655. The van der Waals surface area contributed by atoms with Gasteiger partial charge in [-0.15, -0.1) is 11.8 Å². The Hall–Kier alpha value is -1.94. The molecule has 0 bridgehead atoms. The minimum absolute atomic E-state index is 0.0891. The molecule has 0 fully saturated rings. The molecule has 0 aliphatic rings. The van der Waals surface area contributed by atoms with Crippen LogP contribution in [0.1, 0.15) is 24.5 Å². The SMILES string of the molecule is COc1cccc(CCCNC(=O)C(C)Sc2ccc(C)cc2)c1. The highest BCUT2D eigenvalue weighted by atomic mass is 32.2. The molecule has 0 spiro atoms. The third-order valence-electron chi connectivity index (χ3n) is 3.78. The minimum Gasteiger partial charge on any atom is -0.497 e. The molecule has 1 atom stereocenters. The molecule has 24 heavy (non-hydrogen) atoms. The van der Waals surface area contributed by atoms with E-state index in [1.54, 1.807) is 18.9 Å². The van der Waals surface area contributed by atoms with Crippen LogP contribution >= 0.6 is 11.8 Å². The standard InChI is InChI=1S/C20H25NO2S/c1-15-9-11-19(12-10-15)24-16(2)20(22)21-13-5-7-17-6-4-8-18(14-17)23-3/h4,6,8-12,14,16H,5,7,13H2,1-3H3,(H,21,22). The smallest absolute Gasteiger partial charge is 0.233 e. The Labute approximate surface area is 148 Å². The normalized spacial score (nSPS) is 11.8. The molecule has 1 N–H and O–H groups in total. The summed E-state index contributed by atoms with van der Waals surface area (Å²) in [6.45, 7) is 4.70. The lowest BCUT2D eigenvalue weighted by molar-refractivity contribution is -0.120. The topological polar surface area (TPSA) is 38.3 Å². The maximum atomic E-state index is 12.2. The molecule has 1 amide bonds. The van der Waals surface area contributed by atoms with Crippen molar-refractivity contribution in [3.63, 3.8) is 0 Å². The van der Waals surface area contributed by atoms with Gasteiger partial charge in [0.2, 0.25) is 5.91 Å². The van der Waals surface area contributed by atoms with Crippen LogP contribution in [0.15, 0.2) is 53.4 Å². The Morgan fingerprint density at radius 1 is 1.21 bits per heavy atom. The fourth-order valence-electron chi connectivity index (χ4n) is 2.35. The number of amides is 1. The maximum Gasteiger partial charge on any atom is 0.233 e. The van der Waals surface area contributed by atoms with Gasteiger partial charge in [0, 0.05) is 11.4 Å². The fraction of sp³-hybridized carbons (Fsp3) is 0.350. The van der Waals surface area contributed by atoms with E-state index < -0.39 is 0 Å². The molecule has 0 heterocycles. The highest BCUT2D eigenvalue weighted by Crippen LogP contribution is 2.23. The van der Waals surface area contributed by atoms with E-state index in [4.69, 9.17) is 4.74 Å².